The molecular weight excluding hydrogens is 374 g/mol. The molecule has 1 atom stereocenters. The molecule has 1 heterocycles. The summed E-state index contributed by atoms with van der Waals surface area (Å²) in [6, 6.07) is 14.4. The van der Waals surface area contributed by atoms with Crippen molar-refractivity contribution in [2.24, 2.45) is 0 Å². The Bertz CT molecular complexity index is 970. The van der Waals surface area contributed by atoms with Crippen molar-refractivity contribution in [1.82, 2.24) is 10.3 Å². The van der Waals surface area contributed by atoms with Crippen LogP contribution >= 0.6 is 0 Å². The van der Waals surface area contributed by atoms with E-state index in [1.54, 1.807) is 13.3 Å². The van der Waals surface area contributed by atoms with Crippen LogP contribution in [-0.2, 0) is 22.6 Å². The molecule has 0 bridgehead atoms. The van der Waals surface area contributed by atoms with Gasteiger partial charge >= 0.3 is 0 Å². The zero-order chi connectivity index (χ0) is 20.8. The summed E-state index contributed by atoms with van der Waals surface area (Å²) in [5.74, 6) is -1.56. The molecule has 4 nitrogen and oxygen atoms in total. The van der Waals surface area contributed by atoms with Gasteiger partial charge in [0.15, 0.2) is 0 Å². The van der Waals surface area contributed by atoms with E-state index in [4.69, 9.17) is 4.74 Å². The number of pyridine rings is 1. The molecule has 1 aromatic heterocycles. The first-order chi connectivity index (χ1) is 14.0. The summed E-state index contributed by atoms with van der Waals surface area (Å²) < 4.78 is 32.4. The summed E-state index contributed by atoms with van der Waals surface area (Å²) >= 11 is 0. The van der Waals surface area contributed by atoms with Crippen LogP contribution in [0, 0.1) is 11.6 Å². The SMILES string of the molecule is COCc1ccc(-c2cccnc2[C@H](Cc2cc(F)cc(F)c2)NC(C)=O)cc1. The minimum atomic E-state index is -0.656. The molecule has 0 spiro atoms. The van der Waals surface area contributed by atoms with Gasteiger partial charge in [-0.25, -0.2) is 8.78 Å². The van der Waals surface area contributed by atoms with Crippen molar-refractivity contribution < 1.29 is 18.3 Å². The van der Waals surface area contributed by atoms with E-state index in [0.29, 0.717) is 17.9 Å². The molecule has 0 aliphatic carbocycles. The molecule has 3 aromatic rings. The molecule has 2 aromatic carbocycles. The van der Waals surface area contributed by atoms with Crippen molar-refractivity contribution in [2.45, 2.75) is 26.0 Å². The van der Waals surface area contributed by atoms with Gasteiger partial charge in [-0.05, 0) is 41.3 Å². The van der Waals surface area contributed by atoms with Crippen molar-refractivity contribution in [2.75, 3.05) is 7.11 Å². The first kappa shape index (κ1) is 20.6. The van der Waals surface area contributed by atoms with E-state index in [9.17, 15) is 13.6 Å². The van der Waals surface area contributed by atoms with Crippen molar-refractivity contribution in [3.63, 3.8) is 0 Å². The molecular formula is C23H22F2N2O2. The van der Waals surface area contributed by atoms with Gasteiger partial charge in [-0.2, -0.15) is 0 Å². The predicted octanol–water partition coefficient (Wildman–Crippen LogP) is 4.59. The second kappa shape index (κ2) is 9.39. The molecule has 29 heavy (non-hydrogen) atoms. The quantitative estimate of drug-likeness (QED) is 0.635. The molecule has 0 saturated heterocycles. The lowest BCUT2D eigenvalue weighted by atomic mass is 9.95. The monoisotopic (exact) mass is 396 g/mol. The van der Waals surface area contributed by atoms with E-state index >= 15 is 0 Å². The smallest absolute Gasteiger partial charge is 0.217 e. The van der Waals surface area contributed by atoms with E-state index in [1.807, 2.05) is 36.4 Å². The van der Waals surface area contributed by atoms with Crippen LogP contribution in [0.25, 0.3) is 11.1 Å². The van der Waals surface area contributed by atoms with Gasteiger partial charge in [0.05, 0.1) is 18.3 Å². The number of methoxy groups -OCH3 is 1. The van der Waals surface area contributed by atoms with Gasteiger partial charge in [0, 0.05) is 31.9 Å². The number of carbonyl (C=O) groups excluding carboxylic acids is 1. The number of benzene rings is 2. The normalized spacial score (nSPS) is 11.9. The summed E-state index contributed by atoms with van der Waals surface area (Å²) in [6.07, 6.45) is 1.85. The van der Waals surface area contributed by atoms with Gasteiger partial charge in [-0.15, -0.1) is 0 Å². The van der Waals surface area contributed by atoms with E-state index in [0.717, 1.165) is 22.8 Å². The minimum absolute atomic E-state index is 0.208. The van der Waals surface area contributed by atoms with Crippen LogP contribution in [0.3, 0.4) is 0 Å². The van der Waals surface area contributed by atoms with Crippen LogP contribution < -0.4 is 5.32 Å². The average molecular weight is 396 g/mol. The van der Waals surface area contributed by atoms with Crippen LogP contribution in [0.15, 0.2) is 60.8 Å². The molecule has 0 unspecified atom stereocenters. The third-order valence-electron chi connectivity index (χ3n) is 4.48. The highest BCUT2D eigenvalue weighted by Gasteiger charge is 2.20. The van der Waals surface area contributed by atoms with Crippen LogP contribution in [-0.4, -0.2) is 18.0 Å². The van der Waals surface area contributed by atoms with Gasteiger partial charge in [0.2, 0.25) is 5.91 Å². The third-order valence-corrected chi connectivity index (χ3v) is 4.48. The van der Waals surface area contributed by atoms with E-state index < -0.39 is 17.7 Å². The number of amides is 1. The van der Waals surface area contributed by atoms with Gasteiger partial charge in [0.1, 0.15) is 11.6 Å². The first-order valence-corrected chi connectivity index (χ1v) is 9.21. The Hall–Kier alpha value is -3.12. The highest BCUT2D eigenvalue weighted by molar-refractivity contribution is 5.74. The molecule has 0 saturated carbocycles. The maximum Gasteiger partial charge on any atom is 0.217 e. The summed E-state index contributed by atoms with van der Waals surface area (Å²) in [5, 5.41) is 2.86. The molecule has 0 aliphatic rings. The summed E-state index contributed by atoms with van der Waals surface area (Å²) in [5.41, 5.74) is 3.87. The van der Waals surface area contributed by atoms with E-state index in [1.165, 1.54) is 19.1 Å². The zero-order valence-electron chi connectivity index (χ0n) is 16.3. The number of halogens is 2. The van der Waals surface area contributed by atoms with Crippen molar-refractivity contribution in [1.29, 1.82) is 0 Å². The average Bonchev–Trinajstić information content (AvgIpc) is 2.67. The lowest BCUT2D eigenvalue weighted by Crippen LogP contribution is -2.29. The van der Waals surface area contributed by atoms with Crippen molar-refractivity contribution in [3.05, 3.63) is 89.2 Å². The van der Waals surface area contributed by atoms with Crippen LogP contribution in [0.2, 0.25) is 0 Å². The standard InChI is InChI=1S/C23H22F2N2O2/c1-15(28)27-22(12-17-10-19(24)13-20(25)11-17)23-21(4-3-9-26-23)18-7-5-16(6-8-18)14-29-2/h3-11,13,22H,12,14H2,1-2H3,(H,27,28)/t22-/m0/s1. The Kier molecular flexibility index (Phi) is 6.67. The maximum atomic E-state index is 13.6. The number of nitrogens with one attached hydrogen (secondary N) is 1. The van der Waals surface area contributed by atoms with Gasteiger partial charge in [-0.1, -0.05) is 30.3 Å². The Labute approximate surface area is 168 Å². The number of aromatic nitrogens is 1. The minimum Gasteiger partial charge on any atom is -0.380 e. The highest BCUT2D eigenvalue weighted by atomic mass is 19.1. The molecule has 1 amide bonds. The number of nitrogens with zero attached hydrogens (tertiary/aromatic N) is 1. The summed E-state index contributed by atoms with van der Waals surface area (Å²) in [4.78, 5) is 16.3. The fourth-order valence-corrected chi connectivity index (χ4v) is 3.31. The fraction of sp³-hybridized carbons (Fsp3) is 0.217. The number of carbonyl (C=O) groups is 1. The van der Waals surface area contributed by atoms with Crippen molar-refractivity contribution in [3.8, 4) is 11.1 Å². The highest BCUT2D eigenvalue weighted by Crippen LogP contribution is 2.29. The van der Waals surface area contributed by atoms with Gasteiger partial charge in [-0.3, -0.25) is 9.78 Å². The lowest BCUT2D eigenvalue weighted by Gasteiger charge is -2.21. The largest absolute Gasteiger partial charge is 0.380 e. The second-order valence-corrected chi connectivity index (χ2v) is 6.80. The van der Waals surface area contributed by atoms with E-state index in [-0.39, 0.29) is 12.3 Å². The first-order valence-electron chi connectivity index (χ1n) is 9.21. The third kappa shape index (κ3) is 5.45. The molecule has 1 N–H and O–H groups in total. The molecule has 0 radical (unpaired) electrons. The van der Waals surface area contributed by atoms with Crippen LogP contribution in [0.5, 0.6) is 0 Å². The number of hydrogen-bond acceptors (Lipinski definition) is 3. The van der Waals surface area contributed by atoms with Crippen LogP contribution in [0.4, 0.5) is 8.78 Å². The Morgan fingerprint density at radius 1 is 1.07 bits per heavy atom. The molecule has 0 aliphatic heterocycles. The Balaban J connectivity index is 1.99. The number of ether oxygens (including phenoxy) is 1. The second-order valence-electron chi connectivity index (χ2n) is 6.80. The van der Waals surface area contributed by atoms with E-state index in [2.05, 4.69) is 10.3 Å². The number of rotatable bonds is 7. The summed E-state index contributed by atoms with van der Waals surface area (Å²) in [7, 11) is 1.64. The summed E-state index contributed by atoms with van der Waals surface area (Å²) in [6.45, 7) is 1.92. The molecule has 6 heteroatoms. The Morgan fingerprint density at radius 2 is 1.76 bits per heavy atom. The molecule has 3 rings (SSSR count). The fourth-order valence-electron chi connectivity index (χ4n) is 3.31. The van der Waals surface area contributed by atoms with Gasteiger partial charge < -0.3 is 10.1 Å². The topological polar surface area (TPSA) is 51.2 Å². The molecule has 0 fully saturated rings. The van der Waals surface area contributed by atoms with Crippen molar-refractivity contribution >= 4 is 5.91 Å². The lowest BCUT2D eigenvalue weighted by molar-refractivity contribution is -0.119. The van der Waals surface area contributed by atoms with Gasteiger partial charge in [0.25, 0.3) is 0 Å². The maximum absolute atomic E-state index is 13.6. The molecule has 150 valence electrons. The zero-order valence-corrected chi connectivity index (χ0v) is 16.3. The van der Waals surface area contributed by atoms with Crippen LogP contribution in [0.1, 0.15) is 29.8 Å². The predicted molar refractivity (Wildman–Crippen MR) is 107 cm³/mol. The Morgan fingerprint density at radius 3 is 2.38 bits per heavy atom. The number of hydrogen-bond donors (Lipinski definition) is 1.